The van der Waals surface area contributed by atoms with Crippen molar-refractivity contribution in [2.24, 2.45) is 0 Å². The van der Waals surface area contributed by atoms with E-state index in [0.29, 0.717) is 23.0 Å². The molecule has 1 saturated carbocycles. The zero-order chi connectivity index (χ0) is 21.8. The van der Waals surface area contributed by atoms with Crippen molar-refractivity contribution in [1.82, 2.24) is 28.9 Å². The summed E-state index contributed by atoms with van der Waals surface area (Å²) in [7, 11) is 0. The maximum atomic E-state index is 13.0. The molecule has 0 unspecified atom stereocenters. The SMILES string of the molecule is Cc1cn2nc(-c3cc(=O)n4cc(C5CCN(C6CCC6)CC5)ccc4n3)cc2c(C)n1. The maximum Gasteiger partial charge on any atom is 0.258 e. The first-order chi connectivity index (χ1) is 15.5. The Labute approximate surface area is 186 Å². The second kappa shape index (κ2) is 7.52. The summed E-state index contributed by atoms with van der Waals surface area (Å²) in [6, 6.07) is 8.49. The molecule has 0 aromatic carbocycles. The summed E-state index contributed by atoms with van der Waals surface area (Å²) in [6.45, 7) is 6.25. The van der Waals surface area contributed by atoms with Gasteiger partial charge in [0.15, 0.2) is 0 Å². The Hall–Kier alpha value is -3.06. The van der Waals surface area contributed by atoms with Crippen LogP contribution in [0.25, 0.3) is 22.6 Å². The number of pyridine rings is 1. The molecule has 2 fully saturated rings. The van der Waals surface area contributed by atoms with Gasteiger partial charge in [0.05, 0.1) is 28.8 Å². The second-order valence-electron chi connectivity index (χ2n) is 9.39. The minimum atomic E-state index is -0.0677. The van der Waals surface area contributed by atoms with Crippen LogP contribution in [-0.2, 0) is 0 Å². The van der Waals surface area contributed by atoms with Crippen molar-refractivity contribution in [3.05, 3.63) is 64.0 Å². The molecule has 7 nitrogen and oxygen atoms in total. The second-order valence-corrected chi connectivity index (χ2v) is 9.39. The van der Waals surface area contributed by atoms with Gasteiger partial charge in [0.25, 0.3) is 5.56 Å². The molecule has 4 aromatic heterocycles. The molecule has 0 N–H and O–H groups in total. The van der Waals surface area contributed by atoms with Crippen LogP contribution >= 0.6 is 0 Å². The van der Waals surface area contributed by atoms with Crippen LogP contribution in [0.3, 0.4) is 0 Å². The van der Waals surface area contributed by atoms with E-state index in [1.807, 2.05) is 42.9 Å². The van der Waals surface area contributed by atoms with E-state index in [1.165, 1.54) is 37.9 Å². The standard InChI is InChI=1S/C25H28N6O/c1-16-14-31-23(17(2)26-16)12-22(28-31)21-13-25(32)30-15-19(6-7-24(30)27-21)18-8-10-29(11-9-18)20-4-3-5-20/h6-7,12-15,18,20H,3-5,8-11H2,1-2H3. The van der Waals surface area contributed by atoms with E-state index in [1.54, 1.807) is 10.5 Å². The molecule has 0 radical (unpaired) electrons. The average Bonchev–Trinajstić information content (AvgIpc) is 3.17. The first-order valence-corrected chi connectivity index (χ1v) is 11.7. The van der Waals surface area contributed by atoms with Crippen molar-refractivity contribution < 1.29 is 0 Å². The summed E-state index contributed by atoms with van der Waals surface area (Å²) >= 11 is 0. The van der Waals surface area contributed by atoms with Crippen LogP contribution < -0.4 is 5.56 Å². The van der Waals surface area contributed by atoms with Gasteiger partial charge < -0.3 is 4.90 Å². The highest BCUT2D eigenvalue weighted by molar-refractivity contribution is 5.66. The van der Waals surface area contributed by atoms with Crippen LogP contribution in [0.4, 0.5) is 0 Å². The number of hydrogen-bond acceptors (Lipinski definition) is 5. The van der Waals surface area contributed by atoms with Crippen LogP contribution in [-0.4, -0.2) is 48.0 Å². The molecule has 164 valence electrons. The van der Waals surface area contributed by atoms with Crippen LogP contribution in [0.15, 0.2) is 41.5 Å². The molecule has 0 spiro atoms. The number of aryl methyl sites for hydroxylation is 2. The van der Waals surface area contributed by atoms with Crippen LogP contribution in [0.1, 0.15) is 55.0 Å². The zero-order valence-corrected chi connectivity index (χ0v) is 18.7. The molecule has 32 heavy (non-hydrogen) atoms. The Balaban J connectivity index is 1.30. The molecule has 1 saturated heterocycles. The summed E-state index contributed by atoms with van der Waals surface area (Å²) in [5.41, 5.74) is 5.86. The summed E-state index contributed by atoms with van der Waals surface area (Å²) in [5.74, 6) is 0.513. The molecule has 1 aliphatic carbocycles. The van der Waals surface area contributed by atoms with Crippen molar-refractivity contribution in [2.45, 2.75) is 57.9 Å². The molecular formula is C25H28N6O. The predicted octanol–water partition coefficient (Wildman–Crippen LogP) is 3.75. The molecule has 5 heterocycles. The Morgan fingerprint density at radius 3 is 2.50 bits per heavy atom. The van der Waals surface area contributed by atoms with Gasteiger partial charge in [-0.15, -0.1) is 0 Å². The Morgan fingerprint density at radius 2 is 1.75 bits per heavy atom. The number of hydrogen-bond donors (Lipinski definition) is 0. The minimum Gasteiger partial charge on any atom is -0.300 e. The van der Waals surface area contributed by atoms with Gasteiger partial charge in [0, 0.05) is 18.3 Å². The molecule has 0 bridgehead atoms. The number of aromatic nitrogens is 5. The lowest BCUT2D eigenvalue weighted by Crippen LogP contribution is -2.44. The first kappa shape index (κ1) is 19.6. The van der Waals surface area contributed by atoms with Crippen LogP contribution in [0, 0.1) is 13.8 Å². The number of fused-ring (bicyclic) bond motifs is 2. The quantitative estimate of drug-likeness (QED) is 0.497. The molecule has 6 rings (SSSR count). The summed E-state index contributed by atoms with van der Waals surface area (Å²) in [6.07, 6.45) is 10.3. The lowest BCUT2D eigenvalue weighted by atomic mass is 9.86. The fraction of sp³-hybridized carbons (Fsp3) is 0.440. The predicted molar refractivity (Wildman–Crippen MR) is 124 cm³/mol. The largest absolute Gasteiger partial charge is 0.300 e. The number of likely N-dealkylation sites (tertiary alicyclic amines) is 1. The Bertz CT molecular complexity index is 1370. The van der Waals surface area contributed by atoms with E-state index in [2.05, 4.69) is 21.0 Å². The smallest absolute Gasteiger partial charge is 0.258 e. The van der Waals surface area contributed by atoms with Crippen molar-refractivity contribution >= 4 is 11.2 Å². The number of piperidine rings is 1. The molecular weight excluding hydrogens is 400 g/mol. The van der Waals surface area contributed by atoms with Gasteiger partial charge in [-0.3, -0.25) is 14.2 Å². The summed E-state index contributed by atoms with van der Waals surface area (Å²) < 4.78 is 3.50. The van der Waals surface area contributed by atoms with Gasteiger partial charge in [-0.25, -0.2) is 9.50 Å². The lowest BCUT2D eigenvalue weighted by Gasteiger charge is -2.41. The molecule has 2 aliphatic rings. The van der Waals surface area contributed by atoms with Gasteiger partial charge in [0.2, 0.25) is 0 Å². The zero-order valence-electron chi connectivity index (χ0n) is 18.7. The van der Waals surface area contributed by atoms with E-state index in [9.17, 15) is 4.79 Å². The monoisotopic (exact) mass is 428 g/mol. The highest BCUT2D eigenvalue weighted by Gasteiger charge is 2.29. The fourth-order valence-corrected chi connectivity index (χ4v) is 5.26. The Morgan fingerprint density at radius 1 is 0.938 bits per heavy atom. The topological polar surface area (TPSA) is 67.8 Å². The van der Waals surface area contributed by atoms with E-state index >= 15 is 0 Å². The molecule has 7 heteroatoms. The van der Waals surface area contributed by atoms with Gasteiger partial charge in [0.1, 0.15) is 11.3 Å². The van der Waals surface area contributed by atoms with Crippen molar-refractivity contribution in [3.8, 4) is 11.4 Å². The van der Waals surface area contributed by atoms with Gasteiger partial charge in [-0.05, 0) is 76.2 Å². The molecule has 0 amide bonds. The molecule has 0 atom stereocenters. The van der Waals surface area contributed by atoms with E-state index in [4.69, 9.17) is 4.98 Å². The molecule has 1 aliphatic heterocycles. The number of rotatable bonds is 3. The third kappa shape index (κ3) is 3.32. The van der Waals surface area contributed by atoms with Gasteiger partial charge >= 0.3 is 0 Å². The summed E-state index contributed by atoms with van der Waals surface area (Å²) in [5, 5.41) is 4.64. The molecule has 4 aromatic rings. The van der Waals surface area contributed by atoms with Crippen LogP contribution in [0.2, 0.25) is 0 Å². The summed E-state index contributed by atoms with van der Waals surface area (Å²) in [4.78, 5) is 24.9. The van der Waals surface area contributed by atoms with Crippen molar-refractivity contribution in [1.29, 1.82) is 0 Å². The first-order valence-electron chi connectivity index (χ1n) is 11.7. The minimum absolute atomic E-state index is 0.0677. The highest BCUT2D eigenvalue weighted by Crippen LogP contribution is 2.33. The average molecular weight is 429 g/mol. The van der Waals surface area contributed by atoms with E-state index in [-0.39, 0.29) is 5.56 Å². The maximum absolute atomic E-state index is 13.0. The third-order valence-electron chi connectivity index (χ3n) is 7.30. The normalized spacial score (nSPS) is 18.4. The highest BCUT2D eigenvalue weighted by atomic mass is 16.1. The Kier molecular flexibility index (Phi) is 4.61. The van der Waals surface area contributed by atoms with Crippen molar-refractivity contribution in [3.63, 3.8) is 0 Å². The van der Waals surface area contributed by atoms with Crippen molar-refractivity contribution in [2.75, 3.05) is 13.1 Å². The van der Waals surface area contributed by atoms with E-state index < -0.39 is 0 Å². The van der Waals surface area contributed by atoms with Crippen LogP contribution in [0.5, 0.6) is 0 Å². The fourth-order valence-electron chi connectivity index (χ4n) is 5.26. The van der Waals surface area contributed by atoms with E-state index in [0.717, 1.165) is 35.8 Å². The van der Waals surface area contributed by atoms with Gasteiger partial charge in [-0.2, -0.15) is 5.10 Å². The van der Waals surface area contributed by atoms with Gasteiger partial charge in [-0.1, -0.05) is 12.5 Å². The lowest BCUT2D eigenvalue weighted by molar-refractivity contribution is 0.0975. The third-order valence-corrected chi connectivity index (χ3v) is 7.30. The number of nitrogens with zero attached hydrogens (tertiary/aromatic N) is 6.